The Hall–Kier alpha value is -2.46. The van der Waals surface area contributed by atoms with Crippen molar-refractivity contribution in [1.29, 1.82) is 0 Å². The molecule has 4 heteroatoms. The summed E-state index contributed by atoms with van der Waals surface area (Å²) in [7, 11) is 0. The first kappa shape index (κ1) is 13.0. The van der Waals surface area contributed by atoms with E-state index in [4.69, 9.17) is 10.5 Å². The average molecular weight is 255 g/mol. The van der Waals surface area contributed by atoms with E-state index in [1.165, 1.54) is 0 Å². The van der Waals surface area contributed by atoms with E-state index in [-0.39, 0.29) is 12.3 Å². The van der Waals surface area contributed by atoms with Crippen molar-refractivity contribution in [3.63, 3.8) is 0 Å². The van der Waals surface area contributed by atoms with Crippen molar-refractivity contribution in [3.8, 4) is 5.75 Å². The van der Waals surface area contributed by atoms with Crippen LogP contribution in [0, 0.1) is 0 Å². The Labute approximate surface area is 110 Å². The maximum atomic E-state index is 12.1. The van der Waals surface area contributed by atoms with Gasteiger partial charge in [0.2, 0.25) is 0 Å². The fraction of sp³-hybridized carbons (Fsp3) is 0.0667. The monoisotopic (exact) mass is 255 g/mol. The van der Waals surface area contributed by atoms with Crippen LogP contribution in [-0.4, -0.2) is 18.3 Å². The third-order valence-corrected chi connectivity index (χ3v) is 2.55. The third-order valence-electron chi connectivity index (χ3n) is 2.55. The number of benzene rings is 2. The van der Waals surface area contributed by atoms with Gasteiger partial charge in [-0.1, -0.05) is 30.3 Å². The van der Waals surface area contributed by atoms with Gasteiger partial charge in [0.1, 0.15) is 5.75 Å². The molecule has 0 saturated heterocycles. The minimum atomic E-state index is -0.512. The standard InChI is InChI=1S/C15H13NO3/c16-10-14(17)19-13-8-6-12(7-9-13)15(18)11-4-2-1-3-5-11/h1-9H,10,16H2. The molecule has 19 heavy (non-hydrogen) atoms. The van der Waals surface area contributed by atoms with Crippen LogP contribution in [0.5, 0.6) is 5.75 Å². The van der Waals surface area contributed by atoms with Crippen LogP contribution < -0.4 is 10.5 Å². The number of hydrogen-bond acceptors (Lipinski definition) is 4. The van der Waals surface area contributed by atoms with Crippen molar-refractivity contribution in [2.24, 2.45) is 5.73 Å². The van der Waals surface area contributed by atoms with Crippen molar-refractivity contribution in [2.75, 3.05) is 6.54 Å². The fourth-order valence-electron chi connectivity index (χ4n) is 1.60. The first-order valence-corrected chi connectivity index (χ1v) is 5.81. The number of nitrogens with two attached hydrogens (primary N) is 1. The number of esters is 1. The summed E-state index contributed by atoms with van der Waals surface area (Å²) in [6, 6.07) is 15.4. The number of ether oxygens (including phenoxy) is 1. The van der Waals surface area contributed by atoms with E-state index in [1.807, 2.05) is 18.2 Å². The van der Waals surface area contributed by atoms with Gasteiger partial charge < -0.3 is 10.5 Å². The summed E-state index contributed by atoms with van der Waals surface area (Å²) < 4.78 is 4.93. The van der Waals surface area contributed by atoms with Crippen LogP contribution in [0.2, 0.25) is 0 Å². The molecule has 2 aromatic rings. The first-order valence-electron chi connectivity index (χ1n) is 5.81. The molecule has 0 spiro atoms. The Morgan fingerprint density at radius 1 is 0.895 bits per heavy atom. The zero-order chi connectivity index (χ0) is 13.7. The SMILES string of the molecule is NCC(=O)Oc1ccc(C(=O)c2ccccc2)cc1. The summed E-state index contributed by atoms with van der Waals surface area (Å²) in [6.07, 6.45) is 0. The predicted octanol–water partition coefficient (Wildman–Crippen LogP) is 1.78. The lowest BCUT2D eigenvalue weighted by molar-refractivity contribution is -0.132. The van der Waals surface area contributed by atoms with Crippen molar-refractivity contribution in [3.05, 3.63) is 65.7 Å². The molecule has 0 aromatic heterocycles. The maximum Gasteiger partial charge on any atom is 0.325 e. The van der Waals surface area contributed by atoms with E-state index in [2.05, 4.69) is 0 Å². The quantitative estimate of drug-likeness (QED) is 0.513. The summed E-state index contributed by atoms with van der Waals surface area (Å²) in [5.41, 5.74) is 6.31. The number of carbonyl (C=O) groups excluding carboxylic acids is 2. The summed E-state index contributed by atoms with van der Waals surface area (Å²) in [5, 5.41) is 0. The molecule has 4 nitrogen and oxygen atoms in total. The van der Waals surface area contributed by atoms with Crippen LogP contribution in [0.25, 0.3) is 0 Å². The molecule has 0 saturated carbocycles. The summed E-state index contributed by atoms with van der Waals surface area (Å²) in [6.45, 7) is -0.176. The lowest BCUT2D eigenvalue weighted by Gasteiger charge is -2.04. The molecule has 0 radical (unpaired) electrons. The van der Waals surface area contributed by atoms with Gasteiger partial charge >= 0.3 is 5.97 Å². The largest absolute Gasteiger partial charge is 0.426 e. The topological polar surface area (TPSA) is 69.4 Å². The van der Waals surface area contributed by atoms with Gasteiger partial charge in [-0.2, -0.15) is 0 Å². The fourth-order valence-corrected chi connectivity index (χ4v) is 1.60. The van der Waals surface area contributed by atoms with E-state index in [9.17, 15) is 9.59 Å². The Morgan fingerprint density at radius 2 is 1.47 bits per heavy atom. The molecule has 0 bridgehead atoms. The zero-order valence-corrected chi connectivity index (χ0v) is 10.2. The van der Waals surface area contributed by atoms with E-state index >= 15 is 0 Å². The highest BCUT2D eigenvalue weighted by Gasteiger charge is 2.09. The molecule has 0 heterocycles. The molecule has 2 rings (SSSR count). The van der Waals surface area contributed by atoms with Crippen molar-refractivity contribution in [2.45, 2.75) is 0 Å². The van der Waals surface area contributed by atoms with Crippen molar-refractivity contribution in [1.82, 2.24) is 0 Å². The van der Waals surface area contributed by atoms with E-state index in [1.54, 1.807) is 36.4 Å². The van der Waals surface area contributed by atoms with E-state index in [0.29, 0.717) is 16.9 Å². The first-order chi connectivity index (χ1) is 9.20. The van der Waals surface area contributed by atoms with Crippen molar-refractivity contribution < 1.29 is 14.3 Å². The minimum absolute atomic E-state index is 0.0719. The highest BCUT2D eigenvalue weighted by Crippen LogP contribution is 2.15. The highest BCUT2D eigenvalue weighted by molar-refractivity contribution is 6.09. The van der Waals surface area contributed by atoms with Gasteiger partial charge in [-0.25, -0.2) is 0 Å². The summed E-state index contributed by atoms with van der Waals surface area (Å²) in [4.78, 5) is 23.1. The van der Waals surface area contributed by atoms with Crippen LogP contribution in [0.1, 0.15) is 15.9 Å². The predicted molar refractivity (Wildman–Crippen MR) is 71.0 cm³/mol. The second kappa shape index (κ2) is 5.93. The second-order valence-electron chi connectivity index (χ2n) is 3.90. The zero-order valence-electron chi connectivity index (χ0n) is 10.2. The summed E-state index contributed by atoms with van der Waals surface area (Å²) in [5.74, 6) is -0.209. The Morgan fingerprint density at radius 3 is 2.05 bits per heavy atom. The Kier molecular flexibility index (Phi) is 4.05. The lowest BCUT2D eigenvalue weighted by Crippen LogP contribution is -2.19. The number of carbonyl (C=O) groups is 2. The number of ketones is 1. The van der Waals surface area contributed by atoms with Gasteiger partial charge in [0.05, 0.1) is 6.54 Å². The van der Waals surface area contributed by atoms with Crippen molar-refractivity contribution >= 4 is 11.8 Å². The molecule has 0 fully saturated rings. The van der Waals surface area contributed by atoms with Gasteiger partial charge in [0.15, 0.2) is 5.78 Å². The Bertz CT molecular complexity index is 576. The van der Waals surface area contributed by atoms with Gasteiger partial charge in [0.25, 0.3) is 0 Å². The smallest absolute Gasteiger partial charge is 0.325 e. The van der Waals surface area contributed by atoms with Crippen LogP contribution in [0.15, 0.2) is 54.6 Å². The van der Waals surface area contributed by atoms with Gasteiger partial charge in [0, 0.05) is 11.1 Å². The van der Waals surface area contributed by atoms with Gasteiger partial charge in [-0.15, -0.1) is 0 Å². The molecule has 2 aromatic carbocycles. The summed E-state index contributed by atoms with van der Waals surface area (Å²) >= 11 is 0. The molecule has 0 unspecified atom stereocenters. The molecular weight excluding hydrogens is 242 g/mol. The maximum absolute atomic E-state index is 12.1. The molecular formula is C15H13NO3. The molecule has 96 valence electrons. The molecule has 2 N–H and O–H groups in total. The Balaban J connectivity index is 2.15. The van der Waals surface area contributed by atoms with E-state index in [0.717, 1.165) is 0 Å². The third kappa shape index (κ3) is 3.26. The van der Waals surface area contributed by atoms with Crippen LogP contribution >= 0.6 is 0 Å². The molecule has 0 aliphatic heterocycles. The minimum Gasteiger partial charge on any atom is -0.426 e. The van der Waals surface area contributed by atoms with Gasteiger partial charge in [-0.3, -0.25) is 9.59 Å². The van der Waals surface area contributed by atoms with Crippen LogP contribution in [-0.2, 0) is 4.79 Å². The van der Waals surface area contributed by atoms with Gasteiger partial charge in [-0.05, 0) is 24.3 Å². The lowest BCUT2D eigenvalue weighted by atomic mass is 10.0. The normalized spacial score (nSPS) is 9.95. The molecule has 0 atom stereocenters. The number of hydrogen-bond donors (Lipinski definition) is 1. The number of rotatable bonds is 4. The highest BCUT2D eigenvalue weighted by atomic mass is 16.5. The van der Waals surface area contributed by atoms with Crippen LogP contribution in [0.3, 0.4) is 0 Å². The second-order valence-corrected chi connectivity index (χ2v) is 3.90. The molecule has 0 aliphatic rings. The van der Waals surface area contributed by atoms with Crippen LogP contribution in [0.4, 0.5) is 0 Å². The van der Waals surface area contributed by atoms with E-state index < -0.39 is 5.97 Å². The average Bonchev–Trinajstić information content (AvgIpc) is 2.48. The molecule has 0 aliphatic carbocycles. The molecule has 0 amide bonds.